The minimum absolute atomic E-state index is 0.171. The van der Waals surface area contributed by atoms with Crippen molar-refractivity contribution in [1.29, 1.82) is 0 Å². The number of likely N-dealkylation sites (N-methyl/N-ethyl adjacent to an activating group) is 1. The Balaban J connectivity index is 1.95. The summed E-state index contributed by atoms with van der Waals surface area (Å²) in [6, 6.07) is 0.292. The molecule has 2 fully saturated rings. The third-order valence-corrected chi connectivity index (χ3v) is 3.04. The molecule has 2 heterocycles. The van der Waals surface area contributed by atoms with Crippen molar-refractivity contribution in [2.24, 2.45) is 5.92 Å². The standard InChI is InChI=1S/C9H16N2O2/c1-11-8(6-13-9(11)12)7-3-2-4-10-5-7/h7-8,10H,2-6H2,1H3. The Kier molecular flexibility index (Phi) is 2.40. The molecule has 0 bridgehead atoms. The van der Waals surface area contributed by atoms with Gasteiger partial charge in [-0.1, -0.05) is 0 Å². The summed E-state index contributed by atoms with van der Waals surface area (Å²) >= 11 is 0. The van der Waals surface area contributed by atoms with Crippen LogP contribution in [-0.4, -0.2) is 43.8 Å². The number of nitrogens with one attached hydrogen (secondary N) is 1. The first kappa shape index (κ1) is 8.81. The molecule has 4 nitrogen and oxygen atoms in total. The molecular weight excluding hydrogens is 168 g/mol. The van der Waals surface area contributed by atoms with Gasteiger partial charge in [0.05, 0.1) is 6.04 Å². The highest BCUT2D eigenvalue weighted by Crippen LogP contribution is 2.23. The molecule has 1 amide bonds. The van der Waals surface area contributed by atoms with E-state index in [1.165, 1.54) is 12.8 Å². The van der Waals surface area contributed by atoms with Gasteiger partial charge < -0.3 is 15.0 Å². The predicted octanol–water partition coefficient (Wildman–Crippen LogP) is 0.437. The van der Waals surface area contributed by atoms with Gasteiger partial charge in [-0.3, -0.25) is 0 Å². The fraction of sp³-hybridized carbons (Fsp3) is 0.889. The van der Waals surface area contributed by atoms with Crippen molar-refractivity contribution in [3.8, 4) is 0 Å². The van der Waals surface area contributed by atoms with Gasteiger partial charge in [0, 0.05) is 13.6 Å². The first-order valence-corrected chi connectivity index (χ1v) is 4.89. The van der Waals surface area contributed by atoms with Crippen molar-refractivity contribution >= 4 is 6.09 Å². The van der Waals surface area contributed by atoms with Crippen molar-refractivity contribution in [2.75, 3.05) is 26.7 Å². The van der Waals surface area contributed by atoms with E-state index < -0.39 is 0 Å². The summed E-state index contributed by atoms with van der Waals surface area (Å²) in [6.07, 6.45) is 2.25. The fourth-order valence-electron chi connectivity index (χ4n) is 2.17. The second-order valence-electron chi connectivity index (χ2n) is 3.86. The highest BCUT2D eigenvalue weighted by Gasteiger charge is 2.35. The lowest BCUT2D eigenvalue weighted by molar-refractivity contribution is 0.162. The van der Waals surface area contributed by atoms with Crippen LogP contribution in [-0.2, 0) is 4.74 Å². The van der Waals surface area contributed by atoms with E-state index in [1.54, 1.807) is 4.90 Å². The van der Waals surface area contributed by atoms with E-state index in [0.29, 0.717) is 18.6 Å². The van der Waals surface area contributed by atoms with Crippen molar-refractivity contribution < 1.29 is 9.53 Å². The molecule has 2 unspecified atom stereocenters. The van der Waals surface area contributed by atoms with Crippen molar-refractivity contribution in [3.05, 3.63) is 0 Å². The van der Waals surface area contributed by atoms with Crippen molar-refractivity contribution in [2.45, 2.75) is 18.9 Å². The van der Waals surface area contributed by atoms with Crippen LogP contribution in [0.15, 0.2) is 0 Å². The van der Waals surface area contributed by atoms with Gasteiger partial charge in [-0.15, -0.1) is 0 Å². The molecule has 0 saturated carbocycles. The Morgan fingerprint density at radius 1 is 1.62 bits per heavy atom. The van der Waals surface area contributed by atoms with Crippen LogP contribution >= 0.6 is 0 Å². The third-order valence-electron chi connectivity index (χ3n) is 3.04. The number of cyclic esters (lactones) is 1. The van der Waals surface area contributed by atoms with Crippen LogP contribution in [0, 0.1) is 5.92 Å². The molecule has 2 rings (SSSR count). The number of carbonyl (C=O) groups is 1. The zero-order valence-electron chi connectivity index (χ0n) is 7.95. The maximum Gasteiger partial charge on any atom is 0.409 e. The van der Waals surface area contributed by atoms with Crippen LogP contribution in [0.25, 0.3) is 0 Å². The highest BCUT2D eigenvalue weighted by atomic mass is 16.6. The Morgan fingerprint density at radius 3 is 3.00 bits per heavy atom. The quantitative estimate of drug-likeness (QED) is 0.643. The summed E-state index contributed by atoms with van der Waals surface area (Å²) in [5.41, 5.74) is 0. The minimum atomic E-state index is -0.171. The number of ether oxygens (including phenoxy) is 1. The Bertz CT molecular complexity index is 202. The number of rotatable bonds is 1. The lowest BCUT2D eigenvalue weighted by Gasteiger charge is -2.29. The molecule has 1 N–H and O–H groups in total. The second kappa shape index (κ2) is 3.54. The lowest BCUT2D eigenvalue weighted by atomic mass is 9.92. The topological polar surface area (TPSA) is 41.6 Å². The predicted molar refractivity (Wildman–Crippen MR) is 48.5 cm³/mol. The van der Waals surface area contributed by atoms with Gasteiger partial charge in [-0.05, 0) is 25.3 Å². The van der Waals surface area contributed by atoms with E-state index in [4.69, 9.17) is 4.74 Å². The molecule has 0 aromatic carbocycles. The lowest BCUT2D eigenvalue weighted by Crippen LogP contribution is -2.43. The normalized spacial score (nSPS) is 34.8. The Labute approximate surface area is 78.2 Å². The van der Waals surface area contributed by atoms with E-state index in [2.05, 4.69) is 5.32 Å². The molecule has 2 saturated heterocycles. The molecule has 0 aromatic heterocycles. The van der Waals surface area contributed by atoms with E-state index >= 15 is 0 Å². The molecule has 74 valence electrons. The average Bonchev–Trinajstić information content (AvgIpc) is 2.49. The van der Waals surface area contributed by atoms with Crippen LogP contribution in [0.2, 0.25) is 0 Å². The smallest absolute Gasteiger partial charge is 0.409 e. The molecule has 0 radical (unpaired) electrons. The van der Waals surface area contributed by atoms with Crippen molar-refractivity contribution in [3.63, 3.8) is 0 Å². The van der Waals surface area contributed by atoms with Gasteiger partial charge in [0.25, 0.3) is 0 Å². The third kappa shape index (κ3) is 1.63. The van der Waals surface area contributed by atoms with Gasteiger partial charge in [-0.25, -0.2) is 4.79 Å². The number of hydrogen-bond acceptors (Lipinski definition) is 3. The van der Waals surface area contributed by atoms with Crippen LogP contribution in [0.5, 0.6) is 0 Å². The summed E-state index contributed by atoms with van der Waals surface area (Å²) in [4.78, 5) is 12.8. The summed E-state index contributed by atoms with van der Waals surface area (Å²) in [6.45, 7) is 2.70. The monoisotopic (exact) mass is 184 g/mol. The SMILES string of the molecule is CN1C(=O)OCC1C1CCCNC1. The number of hydrogen-bond donors (Lipinski definition) is 1. The van der Waals surface area contributed by atoms with Crippen LogP contribution in [0.1, 0.15) is 12.8 Å². The molecule has 4 heteroatoms. The molecule has 0 aliphatic carbocycles. The summed E-state index contributed by atoms with van der Waals surface area (Å²) in [7, 11) is 1.83. The van der Waals surface area contributed by atoms with E-state index in [-0.39, 0.29) is 6.09 Å². The fourth-order valence-corrected chi connectivity index (χ4v) is 2.17. The Morgan fingerprint density at radius 2 is 2.46 bits per heavy atom. The zero-order chi connectivity index (χ0) is 9.26. The number of nitrogens with zero attached hydrogens (tertiary/aromatic N) is 1. The maximum atomic E-state index is 11.1. The van der Waals surface area contributed by atoms with Gasteiger partial charge in [0.15, 0.2) is 0 Å². The second-order valence-corrected chi connectivity index (χ2v) is 3.86. The molecule has 0 spiro atoms. The first-order chi connectivity index (χ1) is 6.29. The van der Waals surface area contributed by atoms with Gasteiger partial charge in [0.1, 0.15) is 6.61 Å². The molecule has 2 aliphatic rings. The molecule has 2 atom stereocenters. The summed E-state index contributed by atoms with van der Waals surface area (Å²) in [5.74, 6) is 0.574. The van der Waals surface area contributed by atoms with E-state index in [1.807, 2.05) is 7.05 Å². The highest BCUT2D eigenvalue weighted by molar-refractivity contribution is 5.69. The van der Waals surface area contributed by atoms with Crippen LogP contribution in [0.4, 0.5) is 4.79 Å². The maximum absolute atomic E-state index is 11.1. The molecule has 0 aromatic rings. The van der Waals surface area contributed by atoms with E-state index in [0.717, 1.165) is 13.1 Å². The first-order valence-electron chi connectivity index (χ1n) is 4.89. The van der Waals surface area contributed by atoms with E-state index in [9.17, 15) is 4.79 Å². The Hall–Kier alpha value is -0.770. The number of amides is 1. The van der Waals surface area contributed by atoms with Crippen LogP contribution in [0.3, 0.4) is 0 Å². The molecule has 13 heavy (non-hydrogen) atoms. The van der Waals surface area contributed by atoms with Gasteiger partial charge in [-0.2, -0.15) is 0 Å². The van der Waals surface area contributed by atoms with Gasteiger partial charge in [0.2, 0.25) is 0 Å². The largest absolute Gasteiger partial charge is 0.447 e. The molecular formula is C9H16N2O2. The van der Waals surface area contributed by atoms with Crippen molar-refractivity contribution in [1.82, 2.24) is 10.2 Å². The van der Waals surface area contributed by atoms with Crippen LogP contribution < -0.4 is 5.32 Å². The van der Waals surface area contributed by atoms with Gasteiger partial charge >= 0.3 is 6.09 Å². The molecule has 2 aliphatic heterocycles. The minimum Gasteiger partial charge on any atom is -0.447 e. The number of carbonyl (C=O) groups excluding carboxylic acids is 1. The summed E-state index contributed by atoms with van der Waals surface area (Å²) in [5, 5.41) is 3.35. The number of piperidine rings is 1. The average molecular weight is 184 g/mol. The summed E-state index contributed by atoms with van der Waals surface area (Å²) < 4.78 is 4.99. The zero-order valence-corrected chi connectivity index (χ0v) is 7.95.